The molecule has 1 fully saturated rings. The lowest BCUT2D eigenvalue weighted by Crippen LogP contribution is -2.35. The minimum atomic E-state index is 0.731. The second-order valence-corrected chi connectivity index (χ2v) is 6.68. The van der Waals surface area contributed by atoms with Gasteiger partial charge in [0, 0.05) is 12.6 Å². The van der Waals surface area contributed by atoms with Gasteiger partial charge in [0.1, 0.15) is 0 Å². The van der Waals surface area contributed by atoms with E-state index in [1.165, 1.54) is 44.4 Å². The van der Waals surface area contributed by atoms with Gasteiger partial charge in [-0.15, -0.1) is 0 Å². The maximum atomic E-state index is 5.74. The predicted molar refractivity (Wildman–Crippen MR) is 79.6 cm³/mol. The summed E-state index contributed by atoms with van der Waals surface area (Å²) >= 11 is 1.96. The fourth-order valence-corrected chi connectivity index (χ4v) is 3.32. The van der Waals surface area contributed by atoms with E-state index in [9.17, 15) is 0 Å². The highest BCUT2D eigenvalue weighted by Gasteiger charge is 2.22. The van der Waals surface area contributed by atoms with Crippen LogP contribution in [-0.4, -0.2) is 43.1 Å². The van der Waals surface area contributed by atoms with Crippen molar-refractivity contribution in [1.82, 2.24) is 4.90 Å². The lowest BCUT2D eigenvalue weighted by atomic mass is 9.82. The van der Waals surface area contributed by atoms with Gasteiger partial charge in [-0.1, -0.05) is 0 Å². The van der Waals surface area contributed by atoms with Crippen LogP contribution in [0.15, 0.2) is 0 Å². The molecule has 0 saturated heterocycles. The Kier molecular flexibility index (Phi) is 7.56. The molecule has 0 spiro atoms. The molecule has 0 radical (unpaired) electrons. The van der Waals surface area contributed by atoms with Gasteiger partial charge in [0.05, 0.1) is 0 Å². The van der Waals surface area contributed by atoms with Gasteiger partial charge in [-0.25, -0.2) is 0 Å². The zero-order valence-electron chi connectivity index (χ0n) is 11.8. The number of nitrogens with two attached hydrogens (primary N) is 1. The van der Waals surface area contributed by atoms with Gasteiger partial charge in [-0.05, 0) is 76.5 Å². The van der Waals surface area contributed by atoms with Gasteiger partial charge in [0.2, 0.25) is 0 Å². The number of nitrogens with zero attached hydrogens (tertiary/aromatic N) is 1. The maximum absolute atomic E-state index is 5.74. The van der Waals surface area contributed by atoms with E-state index in [1.807, 2.05) is 11.8 Å². The molecule has 0 aromatic heterocycles. The SMILES string of the molecule is CSCCC(C)N(C)CC1CCC(CN)CC1. The Balaban J connectivity index is 2.20. The van der Waals surface area contributed by atoms with E-state index in [0.29, 0.717) is 0 Å². The zero-order valence-corrected chi connectivity index (χ0v) is 12.6. The third kappa shape index (κ3) is 5.62. The molecule has 2 N–H and O–H groups in total. The highest BCUT2D eigenvalue weighted by atomic mass is 32.2. The number of hydrogen-bond donors (Lipinski definition) is 1. The lowest BCUT2D eigenvalue weighted by molar-refractivity contribution is 0.172. The summed E-state index contributed by atoms with van der Waals surface area (Å²) in [5.41, 5.74) is 5.74. The predicted octanol–water partition coefficient (Wildman–Crippen LogP) is 2.82. The highest BCUT2D eigenvalue weighted by Crippen LogP contribution is 2.28. The van der Waals surface area contributed by atoms with Crippen LogP contribution in [0.4, 0.5) is 0 Å². The molecule has 1 unspecified atom stereocenters. The Morgan fingerprint density at radius 1 is 1.24 bits per heavy atom. The first-order chi connectivity index (χ1) is 8.17. The molecule has 17 heavy (non-hydrogen) atoms. The van der Waals surface area contributed by atoms with Crippen LogP contribution in [0.1, 0.15) is 39.0 Å². The Morgan fingerprint density at radius 2 is 1.82 bits per heavy atom. The summed E-state index contributed by atoms with van der Waals surface area (Å²) in [5, 5.41) is 0. The maximum Gasteiger partial charge on any atom is 0.00718 e. The molecule has 1 saturated carbocycles. The molecule has 0 bridgehead atoms. The Morgan fingerprint density at radius 3 is 2.35 bits per heavy atom. The van der Waals surface area contributed by atoms with Crippen LogP contribution in [0.2, 0.25) is 0 Å². The van der Waals surface area contributed by atoms with Crippen LogP contribution < -0.4 is 5.73 Å². The van der Waals surface area contributed by atoms with Crippen molar-refractivity contribution >= 4 is 11.8 Å². The second kappa shape index (κ2) is 8.39. The monoisotopic (exact) mass is 258 g/mol. The molecule has 1 atom stereocenters. The minimum Gasteiger partial charge on any atom is -0.330 e. The van der Waals surface area contributed by atoms with E-state index in [-0.39, 0.29) is 0 Å². The minimum absolute atomic E-state index is 0.731. The van der Waals surface area contributed by atoms with Gasteiger partial charge >= 0.3 is 0 Å². The molecule has 1 aliphatic rings. The van der Waals surface area contributed by atoms with Gasteiger partial charge in [0.25, 0.3) is 0 Å². The van der Waals surface area contributed by atoms with Crippen LogP contribution in [0.25, 0.3) is 0 Å². The van der Waals surface area contributed by atoms with Crippen molar-refractivity contribution in [2.75, 3.05) is 32.1 Å². The number of rotatable bonds is 7. The van der Waals surface area contributed by atoms with Crippen LogP contribution in [0.5, 0.6) is 0 Å². The van der Waals surface area contributed by atoms with E-state index in [2.05, 4.69) is 25.1 Å². The first kappa shape index (κ1) is 15.3. The van der Waals surface area contributed by atoms with Crippen LogP contribution in [0, 0.1) is 11.8 Å². The van der Waals surface area contributed by atoms with Crippen LogP contribution >= 0.6 is 11.8 Å². The fraction of sp³-hybridized carbons (Fsp3) is 1.00. The third-order valence-electron chi connectivity index (χ3n) is 4.34. The molecule has 3 heteroatoms. The smallest absolute Gasteiger partial charge is 0.00718 e. The third-order valence-corrected chi connectivity index (χ3v) is 4.98. The standard InChI is InChI=1S/C14H30N2S/c1-12(8-9-17-3)16(2)11-14-6-4-13(10-15)5-7-14/h12-14H,4-11,15H2,1-3H3. The van der Waals surface area contributed by atoms with Gasteiger partial charge in [-0.2, -0.15) is 11.8 Å². The summed E-state index contributed by atoms with van der Waals surface area (Å²) in [6, 6.07) is 0.731. The van der Waals surface area contributed by atoms with E-state index >= 15 is 0 Å². The molecule has 0 aromatic carbocycles. The molecule has 2 nitrogen and oxygen atoms in total. The molecule has 1 aliphatic carbocycles. The van der Waals surface area contributed by atoms with Crippen molar-refractivity contribution in [2.24, 2.45) is 17.6 Å². The second-order valence-electron chi connectivity index (χ2n) is 5.69. The number of hydrogen-bond acceptors (Lipinski definition) is 3. The van der Waals surface area contributed by atoms with E-state index in [0.717, 1.165) is 24.4 Å². The molecule has 0 aliphatic heterocycles. The van der Waals surface area contributed by atoms with E-state index in [4.69, 9.17) is 5.73 Å². The van der Waals surface area contributed by atoms with Crippen molar-refractivity contribution in [3.63, 3.8) is 0 Å². The van der Waals surface area contributed by atoms with Crippen LogP contribution in [0.3, 0.4) is 0 Å². The fourth-order valence-electron chi connectivity index (χ4n) is 2.75. The van der Waals surface area contributed by atoms with Gasteiger partial charge in [0.15, 0.2) is 0 Å². The van der Waals surface area contributed by atoms with Crippen molar-refractivity contribution in [3.05, 3.63) is 0 Å². The Labute approximate surface area is 112 Å². The average molecular weight is 258 g/mol. The average Bonchev–Trinajstić information content (AvgIpc) is 2.36. The van der Waals surface area contributed by atoms with Crippen molar-refractivity contribution in [3.8, 4) is 0 Å². The molecule has 102 valence electrons. The molecule has 1 rings (SSSR count). The largest absolute Gasteiger partial charge is 0.330 e. The highest BCUT2D eigenvalue weighted by molar-refractivity contribution is 7.98. The van der Waals surface area contributed by atoms with Crippen molar-refractivity contribution in [2.45, 2.75) is 45.1 Å². The first-order valence-electron chi connectivity index (χ1n) is 7.06. The summed E-state index contributed by atoms with van der Waals surface area (Å²) in [6.45, 7) is 4.54. The van der Waals surface area contributed by atoms with E-state index in [1.54, 1.807) is 0 Å². The first-order valence-corrected chi connectivity index (χ1v) is 8.46. The normalized spacial score (nSPS) is 27.4. The van der Waals surface area contributed by atoms with Crippen molar-refractivity contribution < 1.29 is 0 Å². The molecule has 0 heterocycles. The van der Waals surface area contributed by atoms with Gasteiger partial charge in [-0.3, -0.25) is 0 Å². The quantitative estimate of drug-likeness (QED) is 0.761. The summed E-state index contributed by atoms with van der Waals surface area (Å²) in [6.07, 6.45) is 9.00. The summed E-state index contributed by atoms with van der Waals surface area (Å²) in [5.74, 6) is 3.01. The van der Waals surface area contributed by atoms with Gasteiger partial charge < -0.3 is 10.6 Å². The zero-order chi connectivity index (χ0) is 12.7. The molecule has 0 amide bonds. The molecule has 0 aromatic rings. The molecular weight excluding hydrogens is 228 g/mol. The number of thioether (sulfide) groups is 1. The molecular formula is C14H30N2S. The summed E-state index contributed by atoms with van der Waals surface area (Å²) in [4.78, 5) is 2.56. The van der Waals surface area contributed by atoms with E-state index < -0.39 is 0 Å². The Bertz CT molecular complexity index is 191. The lowest BCUT2D eigenvalue weighted by Gasteiger charge is -2.33. The Hall–Kier alpha value is 0.270. The summed E-state index contributed by atoms with van der Waals surface area (Å²) < 4.78 is 0. The topological polar surface area (TPSA) is 29.3 Å². The van der Waals surface area contributed by atoms with Crippen LogP contribution in [-0.2, 0) is 0 Å². The summed E-state index contributed by atoms with van der Waals surface area (Å²) in [7, 11) is 2.29. The van der Waals surface area contributed by atoms with Crippen molar-refractivity contribution in [1.29, 1.82) is 0 Å².